The lowest BCUT2D eigenvalue weighted by atomic mass is 9.94. The summed E-state index contributed by atoms with van der Waals surface area (Å²) in [5, 5.41) is 7.15. The first-order chi connectivity index (χ1) is 16.5. The van der Waals surface area contributed by atoms with E-state index in [1.165, 1.54) is 12.1 Å². The van der Waals surface area contributed by atoms with Crippen LogP contribution < -0.4 is 10.2 Å². The fraction of sp³-hybridized carbons (Fsp3) is 0.115. The number of nitrogens with zero attached hydrogens (tertiary/aromatic N) is 3. The molecule has 8 heteroatoms. The van der Waals surface area contributed by atoms with E-state index in [4.69, 9.17) is 4.52 Å². The van der Waals surface area contributed by atoms with E-state index in [9.17, 15) is 9.18 Å². The molecule has 5 rings (SSSR count). The van der Waals surface area contributed by atoms with Gasteiger partial charge in [-0.25, -0.2) is 9.18 Å². The second kappa shape index (κ2) is 9.15. The summed E-state index contributed by atoms with van der Waals surface area (Å²) in [6, 6.07) is 22.3. The quantitative estimate of drug-likeness (QED) is 0.345. The van der Waals surface area contributed by atoms with Gasteiger partial charge in [0.15, 0.2) is 0 Å². The van der Waals surface area contributed by atoms with E-state index < -0.39 is 11.9 Å². The Kier molecular flexibility index (Phi) is 5.90. The number of carbonyl (C=O) groups excluding carboxylic acids is 1. The van der Waals surface area contributed by atoms with Gasteiger partial charge in [0.2, 0.25) is 5.82 Å². The molecule has 170 valence electrons. The number of rotatable bonds is 5. The van der Waals surface area contributed by atoms with E-state index in [0.29, 0.717) is 28.3 Å². The lowest BCUT2D eigenvalue weighted by Gasteiger charge is -2.35. The molecule has 1 aliphatic heterocycles. The fourth-order valence-corrected chi connectivity index (χ4v) is 4.44. The number of allylic oxidation sites excluding steroid dienone is 1. The van der Waals surface area contributed by atoms with Crippen molar-refractivity contribution in [3.63, 3.8) is 0 Å². The second-order valence-electron chi connectivity index (χ2n) is 7.76. The molecule has 0 spiro atoms. The third-order valence-electron chi connectivity index (χ3n) is 5.69. The van der Waals surface area contributed by atoms with Gasteiger partial charge in [-0.2, -0.15) is 4.98 Å². The molecule has 1 aromatic heterocycles. The summed E-state index contributed by atoms with van der Waals surface area (Å²) in [6.07, 6.45) is 2.00. The van der Waals surface area contributed by atoms with Crippen LogP contribution in [0, 0.1) is 5.82 Å². The normalized spacial score (nSPS) is 16.0. The van der Waals surface area contributed by atoms with Crippen LogP contribution in [-0.4, -0.2) is 22.4 Å². The molecule has 2 heterocycles. The molecular weight excluding hydrogens is 451 g/mol. The zero-order valence-corrected chi connectivity index (χ0v) is 19.3. The molecule has 0 saturated heterocycles. The first-order valence-electron chi connectivity index (χ1n) is 10.7. The molecule has 34 heavy (non-hydrogen) atoms. The lowest BCUT2D eigenvalue weighted by Crippen LogP contribution is -2.46. The van der Waals surface area contributed by atoms with Crippen molar-refractivity contribution < 1.29 is 13.7 Å². The van der Waals surface area contributed by atoms with E-state index in [-0.39, 0.29) is 11.9 Å². The fourth-order valence-electron chi connectivity index (χ4n) is 4.04. The van der Waals surface area contributed by atoms with Crippen molar-refractivity contribution in [3.05, 3.63) is 102 Å². The summed E-state index contributed by atoms with van der Waals surface area (Å²) < 4.78 is 19.8. The molecule has 1 aliphatic rings. The molecule has 0 bridgehead atoms. The Morgan fingerprint density at radius 3 is 2.50 bits per heavy atom. The minimum absolute atomic E-state index is 0.261. The van der Waals surface area contributed by atoms with Gasteiger partial charge in [0.05, 0.1) is 17.3 Å². The standard InChI is InChI=1S/C26H21FN4O2S/c1-16-22(25-29-24(30-33-25)17-7-4-3-5-8-17)23(18-9-6-10-19(27)15-18)28-26(32)31(16)20-11-13-21(34-2)14-12-20/h3-15,23H,1-2H3,(H,28,32). The maximum absolute atomic E-state index is 14.1. The number of hydrogen-bond donors (Lipinski definition) is 1. The number of urea groups is 1. The monoisotopic (exact) mass is 472 g/mol. The summed E-state index contributed by atoms with van der Waals surface area (Å²) >= 11 is 1.62. The van der Waals surface area contributed by atoms with Gasteiger partial charge in [0, 0.05) is 16.2 Å². The number of nitrogens with one attached hydrogen (secondary N) is 1. The van der Waals surface area contributed by atoms with Crippen LogP contribution in [0.3, 0.4) is 0 Å². The topological polar surface area (TPSA) is 71.3 Å². The maximum atomic E-state index is 14.1. The highest BCUT2D eigenvalue weighted by Crippen LogP contribution is 2.39. The molecule has 1 unspecified atom stereocenters. The zero-order chi connectivity index (χ0) is 23.7. The van der Waals surface area contributed by atoms with Gasteiger partial charge in [-0.3, -0.25) is 4.90 Å². The van der Waals surface area contributed by atoms with Crippen LogP contribution in [0.5, 0.6) is 0 Å². The maximum Gasteiger partial charge on any atom is 0.326 e. The molecule has 0 saturated carbocycles. The SMILES string of the molecule is CSc1ccc(N2C(=O)NC(c3cccc(F)c3)C(c3nc(-c4ccccc4)no3)=C2C)cc1. The first-order valence-corrected chi connectivity index (χ1v) is 11.9. The van der Waals surface area contributed by atoms with Crippen molar-refractivity contribution >= 4 is 29.1 Å². The Morgan fingerprint density at radius 1 is 1.03 bits per heavy atom. The molecule has 3 aromatic carbocycles. The van der Waals surface area contributed by atoms with Crippen LogP contribution in [0.15, 0.2) is 94.0 Å². The third-order valence-corrected chi connectivity index (χ3v) is 6.43. The average Bonchev–Trinajstić information content (AvgIpc) is 3.34. The molecule has 4 aromatic rings. The van der Waals surface area contributed by atoms with Crippen LogP contribution in [0.4, 0.5) is 14.9 Å². The predicted octanol–water partition coefficient (Wildman–Crippen LogP) is 6.30. The van der Waals surface area contributed by atoms with Crippen molar-refractivity contribution in [2.24, 2.45) is 0 Å². The third kappa shape index (κ3) is 4.08. The van der Waals surface area contributed by atoms with Gasteiger partial charge in [0.1, 0.15) is 5.82 Å². The van der Waals surface area contributed by atoms with Crippen LogP contribution >= 0.6 is 11.8 Å². The van der Waals surface area contributed by atoms with Gasteiger partial charge in [0.25, 0.3) is 5.89 Å². The predicted molar refractivity (Wildman–Crippen MR) is 131 cm³/mol. The van der Waals surface area contributed by atoms with E-state index in [2.05, 4.69) is 15.5 Å². The minimum atomic E-state index is -0.658. The highest BCUT2D eigenvalue weighted by Gasteiger charge is 2.36. The van der Waals surface area contributed by atoms with Gasteiger partial charge in [-0.05, 0) is 55.1 Å². The molecule has 0 aliphatic carbocycles. The van der Waals surface area contributed by atoms with Crippen molar-refractivity contribution in [3.8, 4) is 11.4 Å². The first kappa shape index (κ1) is 21.9. The second-order valence-corrected chi connectivity index (χ2v) is 8.64. The number of halogens is 1. The van der Waals surface area contributed by atoms with Crippen LogP contribution in [0.2, 0.25) is 0 Å². The average molecular weight is 473 g/mol. The van der Waals surface area contributed by atoms with E-state index in [0.717, 1.165) is 10.5 Å². The smallest absolute Gasteiger partial charge is 0.326 e. The molecule has 1 atom stereocenters. The minimum Gasteiger partial charge on any atom is -0.334 e. The Labute approximate surface area is 200 Å². The number of carbonyl (C=O) groups is 1. The number of thioether (sulfide) groups is 1. The van der Waals surface area contributed by atoms with Gasteiger partial charge in [-0.15, -0.1) is 11.8 Å². The Morgan fingerprint density at radius 2 is 1.79 bits per heavy atom. The number of amides is 2. The Bertz CT molecular complexity index is 1370. The Hall–Kier alpha value is -3.91. The summed E-state index contributed by atoms with van der Waals surface area (Å²) in [4.78, 5) is 20.5. The zero-order valence-electron chi connectivity index (χ0n) is 18.5. The molecule has 0 fully saturated rings. The number of anilines is 1. The van der Waals surface area contributed by atoms with Crippen molar-refractivity contribution in [1.29, 1.82) is 0 Å². The molecular formula is C26H21FN4O2S. The van der Waals surface area contributed by atoms with Gasteiger partial charge in [-0.1, -0.05) is 47.6 Å². The van der Waals surface area contributed by atoms with Crippen molar-refractivity contribution in [2.45, 2.75) is 17.9 Å². The van der Waals surface area contributed by atoms with E-state index >= 15 is 0 Å². The molecule has 6 nitrogen and oxygen atoms in total. The molecule has 0 radical (unpaired) electrons. The molecule has 2 amide bonds. The van der Waals surface area contributed by atoms with Crippen molar-refractivity contribution in [1.82, 2.24) is 15.5 Å². The highest BCUT2D eigenvalue weighted by atomic mass is 32.2. The number of benzene rings is 3. The van der Waals surface area contributed by atoms with Gasteiger partial charge >= 0.3 is 6.03 Å². The highest BCUT2D eigenvalue weighted by molar-refractivity contribution is 7.98. The van der Waals surface area contributed by atoms with Crippen molar-refractivity contribution in [2.75, 3.05) is 11.2 Å². The summed E-state index contributed by atoms with van der Waals surface area (Å²) in [5.41, 5.74) is 3.32. The number of hydrogen-bond acceptors (Lipinski definition) is 5. The van der Waals surface area contributed by atoms with Crippen LogP contribution in [-0.2, 0) is 0 Å². The van der Waals surface area contributed by atoms with E-state index in [1.807, 2.05) is 67.8 Å². The summed E-state index contributed by atoms with van der Waals surface area (Å²) in [6.45, 7) is 1.83. The summed E-state index contributed by atoms with van der Waals surface area (Å²) in [7, 11) is 0. The van der Waals surface area contributed by atoms with E-state index in [1.54, 1.807) is 28.8 Å². The molecule has 1 N–H and O–H groups in total. The largest absolute Gasteiger partial charge is 0.334 e. The van der Waals surface area contributed by atoms with Gasteiger partial charge < -0.3 is 9.84 Å². The lowest BCUT2D eigenvalue weighted by molar-refractivity contribution is 0.244. The van der Waals surface area contributed by atoms with Crippen LogP contribution in [0.1, 0.15) is 24.4 Å². The Balaban J connectivity index is 1.65. The van der Waals surface area contributed by atoms with Crippen LogP contribution in [0.25, 0.3) is 17.0 Å². The summed E-state index contributed by atoms with van der Waals surface area (Å²) in [5.74, 6) is 0.298. The number of aromatic nitrogens is 2.